The van der Waals surface area contributed by atoms with Gasteiger partial charge < -0.3 is 19.4 Å². The lowest BCUT2D eigenvalue weighted by Crippen LogP contribution is -2.52. The highest BCUT2D eigenvalue weighted by Crippen LogP contribution is 2.37. The topological polar surface area (TPSA) is 61.8 Å². The molecule has 3 aliphatic rings. The maximum Gasteiger partial charge on any atom is 0.231 e. The number of hydrogen-bond acceptors (Lipinski definition) is 6. The van der Waals surface area contributed by atoms with E-state index in [0.717, 1.165) is 63.4 Å². The Kier molecular flexibility index (Phi) is 7.56. The van der Waals surface area contributed by atoms with Gasteiger partial charge in [0.05, 0.1) is 5.92 Å². The number of anilines is 1. The summed E-state index contributed by atoms with van der Waals surface area (Å²) >= 11 is 6.16. The van der Waals surface area contributed by atoms with Gasteiger partial charge in [0.15, 0.2) is 0 Å². The zero-order valence-corrected chi connectivity index (χ0v) is 21.6. The summed E-state index contributed by atoms with van der Waals surface area (Å²) in [6.45, 7) is 7.56. The van der Waals surface area contributed by atoms with Gasteiger partial charge in [0, 0.05) is 68.3 Å². The predicted octanol–water partition coefficient (Wildman–Crippen LogP) is 3.72. The molecule has 0 spiro atoms. The first-order valence-corrected chi connectivity index (χ1v) is 13.3. The van der Waals surface area contributed by atoms with Gasteiger partial charge >= 0.3 is 0 Å². The fourth-order valence-corrected chi connectivity index (χ4v) is 5.94. The zero-order chi connectivity index (χ0) is 24.4. The molecule has 1 aliphatic carbocycles. The Balaban J connectivity index is 1.29. The molecular weight excluding hydrogens is 462 g/mol. The van der Waals surface area contributed by atoms with Crippen molar-refractivity contribution in [1.82, 2.24) is 19.8 Å². The minimum atomic E-state index is -0.213. The Hall–Kier alpha value is -2.22. The number of nitrogens with zero attached hydrogens (tertiary/aromatic N) is 5. The first kappa shape index (κ1) is 24.5. The molecule has 0 radical (unpaired) electrons. The van der Waals surface area contributed by atoms with Crippen LogP contribution in [0.5, 0.6) is 0 Å². The Morgan fingerprint density at radius 1 is 1.11 bits per heavy atom. The first-order valence-electron chi connectivity index (χ1n) is 12.9. The third kappa shape index (κ3) is 5.32. The second-order valence-corrected chi connectivity index (χ2v) is 10.6. The van der Waals surface area contributed by atoms with Crippen molar-refractivity contribution in [2.45, 2.75) is 50.5 Å². The monoisotopic (exact) mass is 497 g/mol. The highest BCUT2D eigenvalue weighted by Gasteiger charge is 2.33. The molecule has 5 rings (SSSR count). The average Bonchev–Trinajstić information content (AvgIpc) is 3.29. The van der Waals surface area contributed by atoms with E-state index in [1.807, 2.05) is 29.2 Å². The molecule has 3 heterocycles. The molecule has 188 valence electrons. The second-order valence-electron chi connectivity index (χ2n) is 10.2. The number of fused-ring (bicyclic) bond motifs is 1. The number of ether oxygens (including phenoxy) is 1. The average molecular weight is 498 g/mol. The highest BCUT2D eigenvalue weighted by atomic mass is 35.5. The number of rotatable bonds is 6. The van der Waals surface area contributed by atoms with Crippen LogP contribution in [-0.4, -0.2) is 84.7 Å². The minimum absolute atomic E-state index is 0.201. The van der Waals surface area contributed by atoms with E-state index in [4.69, 9.17) is 16.3 Å². The molecule has 8 heteroatoms. The Bertz CT molecular complexity index is 1020. The lowest BCUT2D eigenvalue weighted by molar-refractivity contribution is -0.133. The van der Waals surface area contributed by atoms with Gasteiger partial charge in [-0.3, -0.25) is 4.79 Å². The van der Waals surface area contributed by atoms with E-state index in [9.17, 15) is 4.79 Å². The van der Waals surface area contributed by atoms with E-state index >= 15 is 0 Å². The molecule has 1 amide bonds. The molecule has 1 aromatic heterocycles. The van der Waals surface area contributed by atoms with Gasteiger partial charge in [-0.25, -0.2) is 9.97 Å². The van der Waals surface area contributed by atoms with Gasteiger partial charge in [-0.2, -0.15) is 0 Å². The molecule has 2 saturated heterocycles. The van der Waals surface area contributed by atoms with Gasteiger partial charge in [0.2, 0.25) is 5.91 Å². The molecule has 2 atom stereocenters. The minimum Gasteiger partial charge on any atom is -0.381 e. The molecule has 2 fully saturated rings. The SMILES string of the molecule is CC1CCc2ncnc(N3CCN(C(=O)C(CN(C)C4CCOCC4)c4ccc(Cl)cc4)CC3)c21. The standard InChI is InChI=1S/C27H36ClN5O2/c1-19-3-8-24-25(19)26(30-18-29-24)32-11-13-33(14-12-32)27(34)23(20-4-6-21(28)7-5-20)17-31(2)22-9-15-35-16-10-22/h4-7,18-19,22-23H,3,8-17H2,1-2H3. The molecule has 1 aromatic carbocycles. The van der Waals surface area contributed by atoms with Crippen molar-refractivity contribution in [3.8, 4) is 0 Å². The smallest absolute Gasteiger partial charge is 0.231 e. The van der Waals surface area contributed by atoms with Crippen LogP contribution in [-0.2, 0) is 16.0 Å². The van der Waals surface area contributed by atoms with Crippen LogP contribution in [0.3, 0.4) is 0 Å². The molecule has 0 N–H and O–H groups in total. The van der Waals surface area contributed by atoms with Crippen molar-refractivity contribution in [1.29, 1.82) is 0 Å². The van der Waals surface area contributed by atoms with Crippen molar-refractivity contribution < 1.29 is 9.53 Å². The summed E-state index contributed by atoms with van der Waals surface area (Å²) in [5.74, 6) is 1.55. The summed E-state index contributed by atoms with van der Waals surface area (Å²) in [6, 6.07) is 8.24. The van der Waals surface area contributed by atoms with E-state index in [1.165, 1.54) is 11.3 Å². The van der Waals surface area contributed by atoms with Crippen LogP contribution in [0.1, 0.15) is 54.8 Å². The van der Waals surface area contributed by atoms with Gasteiger partial charge in [0.25, 0.3) is 0 Å². The van der Waals surface area contributed by atoms with Crippen LogP contribution in [0, 0.1) is 0 Å². The number of benzene rings is 1. The molecule has 2 aromatic rings. The summed E-state index contributed by atoms with van der Waals surface area (Å²) in [7, 11) is 2.14. The number of piperazine rings is 1. The zero-order valence-electron chi connectivity index (χ0n) is 20.8. The maximum atomic E-state index is 13.9. The Morgan fingerprint density at radius 2 is 1.83 bits per heavy atom. The van der Waals surface area contributed by atoms with Crippen LogP contribution in [0.4, 0.5) is 5.82 Å². The summed E-state index contributed by atoms with van der Waals surface area (Å²) in [5.41, 5.74) is 3.53. The van der Waals surface area contributed by atoms with Crippen molar-refractivity contribution in [2.75, 3.05) is 57.9 Å². The summed E-state index contributed by atoms with van der Waals surface area (Å²) in [5, 5.41) is 0.693. The van der Waals surface area contributed by atoms with E-state index in [0.29, 0.717) is 36.6 Å². The molecule has 0 bridgehead atoms. The number of likely N-dealkylation sites (N-methyl/N-ethyl adjacent to an activating group) is 1. The number of carbonyl (C=O) groups is 1. The van der Waals surface area contributed by atoms with Crippen LogP contribution < -0.4 is 4.90 Å². The third-order valence-electron chi connectivity index (χ3n) is 8.00. The summed E-state index contributed by atoms with van der Waals surface area (Å²) in [6.07, 6.45) is 5.90. The third-order valence-corrected chi connectivity index (χ3v) is 8.25. The van der Waals surface area contributed by atoms with E-state index in [1.54, 1.807) is 6.33 Å². The number of amides is 1. The van der Waals surface area contributed by atoms with Crippen molar-refractivity contribution in [3.05, 3.63) is 52.4 Å². The number of aromatic nitrogens is 2. The molecule has 0 saturated carbocycles. The first-order chi connectivity index (χ1) is 17.0. The van der Waals surface area contributed by atoms with Gasteiger partial charge in [0.1, 0.15) is 12.1 Å². The molecule has 2 unspecified atom stereocenters. The van der Waals surface area contributed by atoms with Gasteiger partial charge in [-0.1, -0.05) is 30.7 Å². The summed E-state index contributed by atoms with van der Waals surface area (Å²) in [4.78, 5) is 29.8. The van der Waals surface area contributed by atoms with E-state index < -0.39 is 0 Å². The lowest BCUT2D eigenvalue weighted by atomic mass is 9.95. The van der Waals surface area contributed by atoms with Gasteiger partial charge in [-0.05, 0) is 56.3 Å². The number of carbonyl (C=O) groups excluding carboxylic acids is 1. The molecule has 7 nitrogen and oxygen atoms in total. The van der Waals surface area contributed by atoms with Crippen LogP contribution in [0.2, 0.25) is 5.02 Å². The van der Waals surface area contributed by atoms with E-state index in [2.05, 4.69) is 33.7 Å². The Morgan fingerprint density at radius 3 is 2.54 bits per heavy atom. The number of aryl methyl sites for hydroxylation is 1. The van der Waals surface area contributed by atoms with Gasteiger partial charge in [-0.15, -0.1) is 0 Å². The molecule has 2 aliphatic heterocycles. The second kappa shape index (κ2) is 10.8. The van der Waals surface area contributed by atoms with Crippen molar-refractivity contribution >= 4 is 23.3 Å². The van der Waals surface area contributed by atoms with Crippen molar-refractivity contribution in [2.24, 2.45) is 0 Å². The fourth-order valence-electron chi connectivity index (χ4n) is 5.82. The number of halogens is 1. The summed E-state index contributed by atoms with van der Waals surface area (Å²) < 4.78 is 5.55. The quantitative estimate of drug-likeness (QED) is 0.606. The predicted molar refractivity (Wildman–Crippen MR) is 138 cm³/mol. The molecule has 35 heavy (non-hydrogen) atoms. The number of hydrogen-bond donors (Lipinski definition) is 0. The van der Waals surface area contributed by atoms with Crippen LogP contribution >= 0.6 is 11.6 Å². The Labute approximate surface area is 213 Å². The maximum absolute atomic E-state index is 13.9. The lowest BCUT2D eigenvalue weighted by Gasteiger charge is -2.39. The molecular formula is C27H36ClN5O2. The van der Waals surface area contributed by atoms with Crippen LogP contribution in [0.15, 0.2) is 30.6 Å². The van der Waals surface area contributed by atoms with Crippen molar-refractivity contribution in [3.63, 3.8) is 0 Å². The van der Waals surface area contributed by atoms with E-state index in [-0.39, 0.29) is 11.8 Å². The van der Waals surface area contributed by atoms with Crippen LogP contribution in [0.25, 0.3) is 0 Å². The fraction of sp³-hybridized carbons (Fsp3) is 0.593. The highest BCUT2D eigenvalue weighted by molar-refractivity contribution is 6.30. The normalized spacial score (nSPS) is 21.9. The largest absolute Gasteiger partial charge is 0.381 e.